The number of fused-ring (bicyclic) bond motifs is 1. The summed E-state index contributed by atoms with van der Waals surface area (Å²) >= 11 is 0. The van der Waals surface area contributed by atoms with Crippen LogP contribution < -0.4 is 5.32 Å². The Hall–Kier alpha value is -0.130. The van der Waals surface area contributed by atoms with E-state index in [1.807, 2.05) is 0 Å². The number of nitrogens with one attached hydrogen (secondary N) is 1. The molecule has 2 fully saturated rings. The first kappa shape index (κ1) is 11.4. The lowest BCUT2D eigenvalue weighted by Gasteiger charge is -2.38. The van der Waals surface area contributed by atoms with Gasteiger partial charge < -0.3 is 5.32 Å². The van der Waals surface area contributed by atoms with Crippen LogP contribution in [-0.4, -0.2) is 56.5 Å². The number of hydrogen-bond donors (Lipinski definition) is 1. The highest BCUT2D eigenvalue weighted by Gasteiger charge is 2.42. The van der Waals surface area contributed by atoms with Crippen LogP contribution in [0.1, 0.15) is 13.8 Å². The molecular formula is C10H20N2O2S. The average Bonchev–Trinajstić information content (AvgIpc) is 2.39. The van der Waals surface area contributed by atoms with Crippen molar-refractivity contribution in [2.75, 3.05) is 31.1 Å². The summed E-state index contributed by atoms with van der Waals surface area (Å²) in [4.78, 5) is 2.34. The third-order valence-corrected chi connectivity index (χ3v) is 4.91. The lowest BCUT2D eigenvalue weighted by molar-refractivity contribution is 0.133. The molecular weight excluding hydrogens is 212 g/mol. The fourth-order valence-electron chi connectivity index (χ4n) is 2.64. The van der Waals surface area contributed by atoms with Crippen LogP contribution in [0, 0.1) is 5.92 Å². The topological polar surface area (TPSA) is 49.4 Å². The van der Waals surface area contributed by atoms with Gasteiger partial charge in [-0.3, -0.25) is 4.90 Å². The van der Waals surface area contributed by atoms with Gasteiger partial charge in [0.05, 0.1) is 11.5 Å². The molecule has 88 valence electrons. The molecule has 0 aromatic carbocycles. The van der Waals surface area contributed by atoms with Crippen molar-refractivity contribution < 1.29 is 8.42 Å². The number of piperazine rings is 1. The van der Waals surface area contributed by atoms with Crippen molar-refractivity contribution in [3.63, 3.8) is 0 Å². The average molecular weight is 232 g/mol. The molecule has 0 radical (unpaired) electrons. The summed E-state index contributed by atoms with van der Waals surface area (Å²) in [5.74, 6) is 1.27. The largest absolute Gasteiger partial charge is 0.310 e. The van der Waals surface area contributed by atoms with Crippen LogP contribution in [0.3, 0.4) is 0 Å². The van der Waals surface area contributed by atoms with E-state index in [-0.39, 0.29) is 12.1 Å². The molecule has 2 aliphatic rings. The van der Waals surface area contributed by atoms with E-state index < -0.39 is 9.84 Å². The van der Waals surface area contributed by atoms with Crippen molar-refractivity contribution in [3.8, 4) is 0 Å². The fourth-order valence-corrected chi connectivity index (χ4v) is 4.63. The van der Waals surface area contributed by atoms with E-state index in [0.717, 1.165) is 19.6 Å². The Morgan fingerprint density at radius 2 is 2.13 bits per heavy atom. The fraction of sp³-hybridized carbons (Fsp3) is 1.00. The van der Waals surface area contributed by atoms with Crippen molar-refractivity contribution >= 4 is 9.84 Å². The Kier molecular flexibility index (Phi) is 3.05. The number of sulfone groups is 1. The highest BCUT2D eigenvalue weighted by Crippen LogP contribution is 2.21. The highest BCUT2D eigenvalue weighted by atomic mass is 32.2. The molecule has 2 heterocycles. The second-order valence-electron chi connectivity index (χ2n) is 5.09. The van der Waals surface area contributed by atoms with Gasteiger partial charge >= 0.3 is 0 Å². The lowest BCUT2D eigenvalue weighted by atomic mass is 10.1. The van der Waals surface area contributed by atoms with Gasteiger partial charge in [0.2, 0.25) is 0 Å². The summed E-state index contributed by atoms with van der Waals surface area (Å²) in [6.45, 7) is 7.28. The van der Waals surface area contributed by atoms with Gasteiger partial charge in [0.25, 0.3) is 0 Å². The Bertz CT molecular complexity index is 326. The monoisotopic (exact) mass is 232 g/mol. The van der Waals surface area contributed by atoms with Crippen molar-refractivity contribution in [1.29, 1.82) is 0 Å². The normalized spacial score (nSPS) is 35.7. The molecule has 5 heteroatoms. The maximum atomic E-state index is 11.6. The van der Waals surface area contributed by atoms with Gasteiger partial charge in [0, 0.05) is 31.7 Å². The van der Waals surface area contributed by atoms with E-state index in [9.17, 15) is 8.42 Å². The third-order valence-electron chi connectivity index (χ3n) is 3.20. The highest BCUT2D eigenvalue weighted by molar-refractivity contribution is 7.91. The minimum absolute atomic E-state index is 0.169. The summed E-state index contributed by atoms with van der Waals surface area (Å²) in [7, 11) is -2.80. The predicted molar refractivity (Wildman–Crippen MR) is 60.6 cm³/mol. The lowest BCUT2D eigenvalue weighted by Crippen LogP contribution is -2.57. The molecule has 2 rings (SSSR count). The molecule has 0 saturated carbocycles. The van der Waals surface area contributed by atoms with Gasteiger partial charge in [-0.1, -0.05) is 13.8 Å². The van der Waals surface area contributed by atoms with Crippen LogP contribution in [0.25, 0.3) is 0 Å². The van der Waals surface area contributed by atoms with Crippen LogP contribution in [-0.2, 0) is 9.84 Å². The molecule has 0 aliphatic carbocycles. The number of hydrogen-bond acceptors (Lipinski definition) is 4. The molecule has 2 saturated heterocycles. The van der Waals surface area contributed by atoms with Gasteiger partial charge in [-0.25, -0.2) is 8.42 Å². The van der Waals surface area contributed by atoms with Crippen LogP contribution in [0.2, 0.25) is 0 Å². The Balaban J connectivity index is 2.08. The summed E-state index contributed by atoms with van der Waals surface area (Å²) in [6, 6.07) is 0.383. The molecule has 0 unspecified atom stereocenters. The molecule has 4 nitrogen and oxygen atoms in total. The standard InChI is InChI=1S/C10H20N2O2S/c1-8(2)5-12-4-3-11-9-6-15(13,14)7-10(9)12/h8-11H,3-7H2,1-2H3/t9-,10-/m1/s1. The first-order valence-electron chi connectivity index (χ1n) is 5.66. The maximum Gasteiger partial charge on any atom is 0.153 e. The molecule has 0 amide bonds. The molecule has 0 aromatic heterocycles. The van der Waals surface area contributed by atoms with Crippen molar-refractivity contribution in [3.05, 3.63) is 0 Å². The van der Waals surface area contributed by atoms with Gasteiger partial charge in [-0.15, -0.1) is 0 Å². The van der Waals surface area contributed by atoms with E-state index in [1.54, 1.807) is 0 Å². The Morgan fingerprint density at radius 1 is 1.40 bits per heavy atom. The van der Waals surface area contributed by atoms with Crippen LogP contribution in [0.4, 0.5) is 0 Å². The zero-order valence-electron chi connectivity index (χ0n) is 9.44. The van der Waals surface area contributed by atoms with E-state index in [2.05, 4.69) is 24.1 Å². The summed E-state index contributed by atoms with van der Waals surface area (Å²) in [6.07, 6.45) is 0. The van der Waals surface area contributed by atoms with Gasteiger partial charge in [-0.2, -0.15) is 0 Å². The molecule has 0 bridgehead atoms. The van der Waals surface area contributed by atoms with Gasteiger partial charge in [-0.05, 0) is 5.92 Å². The van der Waals surface area contributed by atoms with Crippen molar-refractivity contribution in [2.24, 2.45) is 5.92 Å². The Labute approximate surface area is 91.9 Å². The zero-order chi connectivity index (χ0) is 11.1. The molecule has 2 aliphatic heterocycles. The summed E-state index contributed by atoms with van der Waals surface area (Å²) < 4.78 is 23.1. The van der Waals surface area contributed by atoms with Crippen molar-refractivity contribution in [1.82, 2.24) is 10.2 Å². The second kappa shape index (κ2) is 4.03. The molecule has 2 atom stereocenters. The zero-order valence-corrected chi connectivity index (χ0v) is 10.3. The maximum absolute atomic E-state index is 11.6. The second-order valence-corrected chi connectivity index (χ2v) is 7.25. The van der Waals surface area contributed by atoms with Gasteiger partial charge in [0.1, 0.15) is 0 Å². The molecule has 1 N–H and O–H groups in total. The van der Waals surface area contributed by atoms with E-state index >= 15 is 0 Å². The summed E-state index contributed by atoms with van der Waals surface area (Å²) in [5, 5.41) is 3.32. The molecule has 15 heavy (non-hydrogen) atoms. The summed E-state index contributed by atoms with van der Waals surface area (Å²) in [5.41, 5.74) is 0. The number of rotatable bonds is 2. The molecule has 0 aromatic rings. The minimum atomic E-state index is -2.80. The quantitative estimate of drug-likeness (QED) is 0.711. The van der Waals surface area contributed by atoms with Crippen LogP contribution in [0.5, 0.6) is 0 Å². The van der Waals surface area contributed by atoms with Crippen LogP contribution >= 0.6 is 0 Å². The molecule has 0 spiro atoms. The van der Waals surface area contributed by atoms with E-state index in [4.69, 9.17) is 0 Å². The third kappa shape index (κ3) is 2.52. The SMILES string of the molecule is CC(C)CN1CCN[C@@H]2CS(=O)(=O)C[C@H]21. The van der Waals surface area contributed by atoms with Gasteiger partial charge in [0.15, 0.2) is 9.84 Å². The predicted octanol–water partition coefficient (Wildman–Crippen LogP) is -0.287. The van der Waals surface area contributed by atoms with Crippen molar-refractivity contribution in [2.45, 2.75) is 25.9 Å². The first-order valence-corrected chi connectivity index (χ1v) is 7.48. The Morgan fingerprint density at radius 3 is 2.80 bits per heavy atom. The first-order chi connectivity index (χ1) is 6.98. The minimum Gasteiger partial charge on any atom is -0.310 e. The van der Waals surface area contributed by atoms with Crippen LogP contribution in [0.15, 0.2) is 0 Å². The van der Waals surface area contributed by atoms with E-state index in [1.165, 1.54) is 0 Å². The smallest absolute Gasteiger partial charge is 0.153 e. The number of nitrogens with zero attached hydrogens (tertiary/aromatic N) is 1. The van der Waals surface area contributed by atoms with E-state index in [0.29, 0.717) is 17.4 Å².